The van der Waals surface area contributed by atoms with E-state index in [0.29, 0.717) is 5.75 Å². The molecule has 0 bridgehead atoms. The van der Waals surface area contributed by atoms with Gasteiger partial charge in [0.1, 0.15) is 11.8 Å². The average molecular weight is 252 g/mol. The molecule has 18 heavy (non-hydrogen) atoms. The van der Waals surface area contributed by atoms with Gasteiger partial charge in [0.15, 0.2) is 5.75 Å². The summed E-state index contributed by atoms with van der Waals surface area (Å²) >= 11 is 0. The van der Waals surface area contributed by atoms with Gasteiger partial charge in [0.05, 0.1) is 13.3 Å². The number of nitrogens with zero attached hydrogens (tertiary/aromatic N) is 2. The summed E-state index contributed by atoms with van der Waals surface area (Å²) in [4.78, 5) is 0. The molecule has 1 aromatic rings. The number of aryl methyl sites for hydroxylation is 1. The minimum atomic E-state index is -0.521. The van der Waals surface area contributed by atoms with Crippen molar-refractivity contribution in [2.24, 2.45) is 16.7 Å². The highest BCUT2D eigenvalue weighted by Gasteiger charge is 2.68. The van der Waals surface area contributed by atoms with Crippen LogP contribution in [0.25, 0.3) is 0 Å². The molecule has 1 aromatic heterocycles. The maximum atomic E-state index is 10.7. The molecule has 1 heterocycles. The number of methoxy groups -OCH3 is 1. The van der Waals surface area contributed by atoms with Crippen molar-refractivity contribution < 1.29 is 9.84 Å². The second kappa shape index (κ2) is 3.98. The Morgan fingerprint density at radius 2 is 1.94 bits per heavy atom. The van der Waals surface area contributed by atoms with E-state index in [1.807, 2.05) is 11.6 Å². The Morgan fingerprint density at radius 3 is 2.33 bits per heavy atom. The maximum Gasteiger partial charge on any atom is 0.162 e. The Morgan fingerprint density at radius 1 is 1.39 bits per heavy atom. The molecule has 0 radical (unpaired) electrons. The smallest absolute Gasteiger partial charge is 0.162 e. The number of aliphatic hydroxyl groups is 1. The minimum absolute atomic E-state index is 0.139. The molecule has 0 aliphatic heterocycles. The third-order valence-electron chi connectivity index (χ3n) is 5.09. The molecule has 1 fully saturated rings. The van der Waals surface area contributed by atoms with E-state index >= 15 is 0 Å². The molecular formula is C14H24N2O2. The Hall–Kier alpha value is -1.03. The predicted octanol–water partition coefficient (Wildman–Crippen LogP) is 2.63. The predicted molar refractivity (Wildman–Crippen MR) is 70.5 cm³/mol. The van der Waals surface area contributed by atoms with E-state index in [-0.39, 0.29) is 16.7 Å². The van der Waals surface area contributed by atoms with Gasteiger partial charge in [-0.05, 0) is 17.8 Å². The summed E-state index contributed by atoms with van der Waals surface area (Å²) in [6.45, 7) is 11.6. The van der Waals surface area contributed by atoms with Gasteiger partial charge in [0.2, 0.25) is 0 Å². The van der Waals surface area contributed by atoms with Gasteiger partial charge in [-0.25, -0.2) is 0 Å². The monoisotopic (exact) mass is 252 g/mol. The average Bonchev–Trinajstić information content (AvgIpc) is 2.66. The van der Waals surface area contributed by atoms with Crippen LogP contribution in [0.15, 0.2) is 6.20 Å². The van der Waals surface area contributed by atoms with Crippen LogP contribution in [0.5, 0.6) is 5.75 Å². The van der Waals surface area contributed by atoms with E-state index in [4.69, 9.17) is 4.74 Å². The van der Waals surface area contributed by atoms with E-state index in [0.717, 1.165) is 12.2 Å². The fourth-order valence-corrected chi connectivity index (χ4v) is 3.28. The van der Waals surface area contributed by atoms with Crippen LogP contribution in [0.1, 0.15) is 46.4 Å². The standard InChI is InChI=1S/C14H24N2O2/c1-7-16-10(9(18-6)8-15-16)11(17)12-13(2,3)14(12,4)5/h8,11-12,17H,7H2,1-6H3. The minimum Gasteiger partial charge on any atom is -0.493 e. The van der Waals surface area contributed by atoms with Crippen molar-refractivity contribution in [3.8, 4) is 5.75 Å². The molecule has 1 unspecified atom stereocenters. The van der Waals surface area contributed by atoms with Gasteiger partial charge in [0, 0.05) is 12.5 Å². The molecule has 1 atom stereocenters. The third-order valence-corrected chi connectivity index (χ3v) is 5.09. The second-order valence-corrected chi connectivity index (χ2v) is 6.28. The highest BCUT2D eigenvalue weighted by atomic mass is 16.5. The number of aliphatic hydroxyl groups excluding tert-OH is 1. The summed E-state index contributed by atoms with van der Waals surface area (Å²) in [7, 11) is 1.62. The Balaban J connectivity index is 2.36. The van der Waals surface area contributed by atoms with Crippen LogP contribution in [0.4, 0.5) is 0 Å². The maximum absolute atomic E-state index is 10.7. The molecule has 0 amide bonds. The van der Waals surface area contributed by atoms with Gasteiger partial charge in [-0.1, -0.05) is 27.7 Å². The molecule has 0 spiro atoms. The lowest BCUT2D eigenvalue weighted by molar-refractivity contribution is 0.117. The van der Waals surface area contributed by atoms with Gasteiger partial charge >= 0.3 is 0 Å². The normalized spacial score (nSPS) is 22.8. The number of hydrogen-bond acceptors (Lipinski definition) is 3. The third kappa shape index (κ3) is 1.58. The van der Waals surface area contributed by atoms with Gasteiger partial charge in [-0.3, -0.25) is 4.68 Å². The van der Waals surface area contributed by atoms with E-state index in [1.54, 1.807) is 13.3 Å². The molecule has 2 rings (SSSR count). The molecule has 4 heteroatoms. The van der Waals surface area contributed by atoms with Crippen LogP contribution in [0.2, 0.25) is 0 Å². The molecular weight excluding hydrogens is 228 g/mol. The van der Waals surface area contributed by atoms with E-state index < -0.39 is 6.10 Å². The van der Waals surface area contributed by atoms with Crippen molar-refractivity contribution in [2.45, 2.75) is 47.3 Å². The number of hydrogen-bond donors (Lipinski definition) is 1. The summed E-state index contributed by atoms with van der Waals surface area (Å²) in [5.41, 5.74) is 1.09. The van der Waals surface area contributed by atoms with Crippen molar-refractivity contribution >= 4 is 0 Å². The van der Waals surface area contributed by atoms with Gasteiger partial charge < -0.3 is 9.84 Å². The van der Waals surface area contributed by atoms with Crippen molar-refractivity contribution in [1.82, 2.24) is 9.78 Å². The molecule has 0 saturated heterocycles. The quantitative estimate of drug-likeness (QED) is 0.896. The van der Waals surface area contributed by atoms with Crippen molar-refractivity contribution in [3.63, 3.8) is 0 Å². The van der Waals surface area contributed by atoms with Crippen LogP contribution in [-0.4, -0.2) is 22.0 Å². The lowest BCUT2D eigenvalue weighted by Crippen LogP contribution is -2.13. The Labute approximate surface area is 109 Å². The zero-order valence-electron chi connectivity index (χ0n) is 12.2. The summed E-state index contributed by atoms with van der Waals surface area (Å²) < 4.78 is 7.15. The zero-order valence-corrected chi connectivity index (χ0v) is 12.2. The molecule has 102 valence electrons. The molecule has 0 aromatic carbocycles. The number of ether oxygens (including phenoxy) is 1. The first-order valence-corrected chi connectivity index (χ1v) is 6.56. The molecule has 1 aliphatic rings. The van der Waals surface area contributed by atoms with Crippen LogP contribution < -0.4 is 4.74 Å². The van der Waals surface area contributed by atoms with Crippen molar-refractivity contribution in [2.75, 3.05) is 7.11 Å². The number of aromatic nitrogens is 2. The molecule has 1 N–H and O–H groups in total. The van der Waals surface area contributed by atoms with Crippen LogP contribution in [-0.2, 0) is 6.54 Å². The van der Waals surface area contributed by atoms with Gasteiger partial charge in [-0.15, -0.1) is 0 Å². The SMILES string of the molecule is CCn1ncc(OC)c1C(O)C1C(C)(C)C1(C)C. The van der Waals surface area contributed by atoms with E-state index in [1.165, 1.54) is 0 Å². The highest BCUT2D eigenvalue weighted by molar-refractivity contribution is 5.31. The highest BCUT2D eigenvalue weighted by Crippen LogP contribution is 2.72. The fourth-order valence-electron chi connectivity index (χ4n) is 3.28. The van der Waals surface area contributed by atoms with Crippen LogP contribution in [0, 0.1) is 16.7 Å². The topological polar surface area (TPSA) is 47.3 Å². The van der Waals surface area contributed by atoms with Crippen LogP contribution in [0.3, 0.4) is 0 Å². The summed E-state index contributed by atoms with van der Waals surface area (Å²) in [6, 6.07) is 0. The largest absolute Gasteiger partial charge is 0.493 e. The summed E-state index contributed by atoms with van der Waals surface area (Å²) in [5.74, 6) is 0.920. The van der Waals surface area contributed by atoms with Crippen LogP contribution >= 0.6 is 0 Å². The zero-order chi connectivity index (χ0) is 13.7. The van der Waals surface area contributed by atoms with Crippen molar-refractivity contribution in [1.29, 1.82) is 0 Å². The first-order valence-electron chi connectivity index (χ1n) is 6.56. The molecule has 1 aliphatic carbocycles. The summed E-state index contributed by atoms with van der Waals surface area (Å²) in [6.07, 6.45) is 1.16. The fraction of sp³-hybridized carbons (Fsp3) is 0.786. The van der Waals surface area contributed by atoms with Crippen molar-refractivity contribution in [3.05, 3.63) is 11.9 Å². The first kappa shape index (κ1) is 13.4. The van der Waals surface area contributed by atoms with Gasteiger partial charge in [-0.2, -0.15) is 5.10 Å². The van der Waals surface area contributed by atoms with E-state index in [2.05, 4.69) is 32.8 Å². The number of rotatable bonds is 4. The first-order chi connectivity index (χ1) is 8.29. The van der Waals surface area contributed by atoms with Gasteiger partial charge in [0.25, 0.3) is 0 Å². The lowest BCUT2D eigenvalue weighted by Gasteiger charge is -2.16. The molecule has 4 nitrogen and oxygen atoms in total. The summed E-state index contributed by atoms with van der Waals surface area (Å²) in [5, 5.41) is 15.0. The lowest BCUT2D eigenvalue weighted by atomic mass is 10.0. The molecule has 1 saturated carbocycles. The second-order valence-electron chi connectivity index (χ2n) is 6.28. The Bertz CT molecular complexity index is 413. The van der Waals surface area contributed by atoms with E-state index in [9.17, 15) is 5.11 Å². The Kier molecular flexibility index (Phi) is 2.97.